The molecule has 0 atom stereocenters. The Kier molecular flexibility index (Phi) is 7.34. The van der Waals surface area contributed by atoms with Crippen molar-refractivity contribution < 1.29 is 29.3 Å². The van der Waals surface area contributed by atoms with E-state index in [1.807, 2.05) is 0 Å². The number of hydrogen-bond acceptors (Lipinski definition) is 10. The molecule has 2 aromatic carbocycles. The van der Waals surface area contributed by atoms with E-state index in [0.29, 0.717) is 57.8 Å². The maximum atomic E-state index is 12.5. The average Bonchev–Trinajstić information content (AvgIpc) is 3.48. The van der Waals surface area contributed by atoms with Crippen LogP contribution in [0.3, 0.4) is 0 Å². The zero-order valence-corrected chi connectivity index (χ0v) is 22.2. The van der Waals surface area contributed by atoms with Crippen LogP contribution >= 0.6 is 23.5 Å². The summed E-state index contributed by atoms with van der Waals surface area (Å²) in [6.45, 7) is 2.51. The van der Waals surface area contributed by atoms with Crippen molar-refractivity contribution in [1.82, 2.24) is 9.80 Å². The van der Waals surface area contributed by atoms with Crippen LogP contribution in [-0.4, -0.2) is 82.6 Å². The number of phenolic OH excluding ortho intramolecular Hbond substituents is 2. The molecule has 0 unspecified atom stereocenters. The van der Waals surface area contributed by atoms with Crippen molar-refractivity contribution in [3.8, 4) is 23.0 Å². The number of nitrogens with zero attached hydrogens (tertiary/aromatic N) is 4. The number of benzene rings is 2. The first-order chi connectivity index (χ1) is 18.3. The number of methoxy groups -OCH3 is 2. The second kappa shape index (κ2) is 10.8. The van der Waals surface area contributed by atoms with Gasteiger partial charge in [0.15, 0.2) is 33.3 Å². The summed E-state index contributed by atoms with van der Waals surface area (Å²) in [5.74, 6) is 0.121. The number of piperazine rings is 1. The highest BCUT2D eigenvalue weighted by Crippen LogP contribution is 2.35. The number of ether oxygens (including phenoxy) is 2. The highest BCUT2D eigenvalue weighted by molar-refractivity contribution is 8.18. The number of amidine groups is 2. The molecule has 0 spiro atoms. The normalized spacial score (nSPS) is 19.8. The largest absolute Gasteiger partial charge is 0.504 e. The Morgan fingerprint density at radius 3 is 1.50 bits per heavy atom. The number of aliphatic imine (C=N–C) groups is 2. The summed E-state index contributed by atoms with van der Waals surface area (Å²) in [4.78, 5) is 38.6. The number of rotatable bonds is 4. The fraction of sp³-hybridized carbons (Fsp3) is 0.231. The van der Waals surface area contributed by atoms with E-state index in [9.17, 15) is 19.8 Å². The van der Waals surface area contributed by atoms with Gasteiger partial charge in [-0.3, -0.25) is 9.59 Å². The first-order valence-electron chi connectivity index (χ1n) is 11.6. The van der Waals surface area contributed by atoms with Gasteiger partial charge in [0.25, 0.3) is 11.8 Å². The summed E-state index contributed by atoms with van der Waals surface area (Å²) in [5.41, 5.74) is 1.46. The Labute approximate surface area is 227 Å². The van der Waals surface area contributed by atoms with Gasteiger partial charge in [-0.25, -0.2) is 0 Å². The second-order valence-electron chi connectivity index (χ2n) is 8.46. The van der Waals surface area contributed by atoms with E-state index in [1.54, 1.807) is 36.4 Å². The van der Waals surface area contributed by atoms with Gasteiger partial charge in [0, 0.05) is 26.2 Å². The summed E-state index contributed by atoms with van der Waals surface area (Å²) < 4.78 is 10.3. The molecule has 3 aliphatic heterocycles. The molecule has 0 aliphatic carbocycles. The molecule has 3 aliphatic rings. The Balaban J connectivity index is 1.19. The van der Waals surface area contributed by atoms with Gasteiger partial charge in [-0.1, -0.05) is 12.1 Å². The lowest BCUT2D eigenvalue weighted by atomic mass is 10.2. The molecule has 0 aromatic heterocycles. The van der Waals surface area contributed by atoms with E-state index in [-0.39, 0.29) is 23.3 Å². The van der Waals surface area contributed by atoms with Gasteiger partial charge in [0.2, 0.25) is 0 Å². The SMILES string of the molecule is COc1cc(/C=C2\SC(N3CCN(C4=NC(=O)/C(=C\c5ccc(O)c(OC)c5)S4)CC3)=NC2=O)ccc1O. The number of carbonyl (C=O) groups is 2. The van der Waals surface area contributed by atoms with E-state index in [1.165, 1.54) is 49.9 Å². The fourth-order valence-electron chi connectivity index (χ4n) is 4.03. The zero-order chi connectivity index (χ0) is 26.8. The van der Waals surface area contributed by atoms with Crippen molar-refractivity contribution in [2.24, 2.45) is 9.98 Å². The number of phenols is 2. The molecule has 0 saturated carbocycles. The maximum absolute atomic E-state index is 12.5. The second-order valence-corrected chi connectivity index (χ2v) is 10.5. The van der Waals surface area contributed by atoms with Gasteiger partial charge in [-0.05, 0) is 71.1 Å². The van der Waals surface area contributed by atoms with Crippen LogP contribution < -0.4 is 9.47 Å². The molecule has 1 fully saturated rings. The van der Waals surface area contributed by atoms with Crippen LogP contribution in [0.2, 0.25) is 0 Å². The van der Waals surface area contributed by atoms with Crippen molar-refractivity contribution in [2.45, 2.75) is 0 Å². The summed E-state index contributed by atoms with van der Waals surface area (Å²) in [6, 6.07) is 9.78. The summed E-state index contributed by atoms with van der Waals surface area (Å²) in [7, 11) is 2.94. The third kappa shape index (κ3) is 5.36. The van der Waals surface area contributed by atoms with Crippen LogP contribution in [0, 0.1) is 0 Å². The first kappa shape index (κ1) is 25.7. The summed E-state index contributed by atoms with van der Waals surface area (Å²) >= 11 is 2.63. The van der Waals surface area contributed by atoms with E-state index >= 15 is 0 Å². The van der Waals surface area contributed by atoms with Crippen LogP contribution in [0.25, 0.3) is 12.2 Å². The molecule has 12 heteroatoms. The number of amides is 2. The van der Waals surface area contributed by atoms with E-state index < -0.39 is 0 Å². The molecule has 38 heavy (non-hydrogen) atoms. The van der Waals surface area contributed by atoms with Crippen LogP contribution in [0.5, 0.6) is 23.0 Å². The number of thioether (sulfide) groups is 2. The Bertz CT molecular complexity index is 1320. The maximum Gasteiger partial charge on any atom is 0.286 e. The predicted octanol–water partition coefficient (Wildman–Crippen LogP) is 3.37. The third-order valence-corrected chi connectivity index (χ3v) is 8.13. The molecule has 2 amide bonds. The molecule has 0 radical (unpaired) electrons. The molecule has 5 rings (SSSR count). The minimum atomic E-state index is -0.304. The molecule has 2 aromatic rings. The lowest BCUT2D eigenvalue weighted by Gasteiger charge is -2.35. The van der Waals surface area contributed by atoms with Crippen molar-refractivity contribution in [3.05, 3.63) is 57.3 Å². The average molecular weight is 553 g/mol. The first-order valence-corrected chi connectivity index (χ1v) is 13.3. The van der Waals surface area contributed by atoms with Crippen LogP contribution in [0.15, 0.2) is 56.2 Å². The highest BCUT2D eigenvalue weighted by atomic mass is 32.2. The Morgan fingerprint density at radius 1 is 0.737 bits per heavy atom. The predicted molar refractivity (Wildman–Crippen MR) is 148 cm³/mol. The number of carbonyl (C=O) groups excluding carboxylic acids is 2. The molecular formula is C26H24N4O6S2. The lowest BCUT2D eigenvalue weighted by molar-refractivity contribution is -0.114. The van der Waals surface area contributed by atoms with Crippen molar-refractivity contribution >= 4 is 57.8 Å². The minimum absolute atomic E-state index is 0.0322. The van der Waals surface area contributed by atoms with Crippen molar-refractivity contribution in [3.63, 3.8) is 0 Å². The van der Waals surface area contributed by atoms with E-state index in [4.69, 9.17) is 9.47 Å². The molecular weight excluding hydrogens is 528 g/mol. The summed E-state index contributed by atoms with van der Waals surface area (Å²) in [5, 5.41) is 20.9. The Morgan fingerprint density at radius 2 is 1.13 bits per heavy atom. The smallest absolute Gasteiger partial charge is 0.286 e. The molecule has 10 nitrogen and oxygen atoms in total. The summed E-state index contributed by atoms with van der Waals surface area (Å²) in [6.07, 6.45) is 3.46. The van der Waals surface area contributed by atoms with Crippen LogP contribution in [0.1, 0.15) is 11.1 Å². The Hall–Kier alpha value is -3.90. The molecule has 3 heterocycles. The van der Waals surface area contributed by atoms with E-state index in [2.05, 4.69) is 19.8 Å². The number of hydrogen-bond donors (Lipinski definition) is 2. The van der Waals surface area contributed by atoms with Gasteiger partial charge < -0.3 is 29.5 Å². The fourth-order valence-corrected chi connectivity index (χ4v) is 5.96. The topological polar surface area (TPSA) is 124 Å². The zero-order valence-electron chi connectivity index (χ0n) is 20.6. The van der Waals surface area contributed by atoms with E-state index in [0.717, 1.165) is 11.1 Å². The van der Waals surface area contributed by atoms with Crippen molar-refractivity contribution in [2.75, 3.05) is 40.4 Å². The van der Waals surface area contributed by atoms with Gasteiger partial charge in [-0.2, -0.15) is 9.98 Å². The monoisotopic (exact) mass is 552 g/mol. The standard InChI is InChI=1S/C26H24N4O6S2/c1-35-19-11-15(3-5-17(19)31)13-21-23(33)27-25(37-21)29-7-9-30(10-8-29)26-28-24(34)22(38-26)14-16-4-6-18(32)20(12-16)36-2/h3-6,11-14,31-32H,7-10H2,1-2H3/b21-13-,22-14+. The molecule has 1 saturated heterocycles. The van der Waals surface area contributed by atoms with Gasteiger partial charge in [0.05, 0.1) is 24.0 Å². The molecule has 196 valence electrons. The van der Waals surface area contributed by atoms with Crippen LogP contribution in [0.4, 0.5) is 0 Å². The molecule has 0 bridgehead atoms. The lowest BCUT2D eigenvalue weighted by Crippen LogP contribution is -2.49. The highest BCUT2D eigenvalue weighted by Gasteiger charge is 2.32. The molecule has 2 N–H and O–H groups in total. The van der Waals surface area contributed by atoms with Gasteiger partial charge >= 0.3 is 0 Å². The van der Waals surface area contributed by atoms with Crippen LogP contribution in [-0.2, 0) is 9.59 Å². The minimum Gasteiger partial charge on any atom is -0.504 e. The van der Waals surface area contributed by atoms with Gasteiger partial charge in [0.1, 0.15) is 0 Å². The van der Waals surface area contributed by atoms with Crippen molar-refractivity contribution in [1.29, 1.82) is 0 Å². The number of aromatic hydroxyl groups is 2. The quantitative estimate of drug-likeness (QED) is 0.546. The van der Waals surface area contributed by atoms with Gasteiger partial charge in [-0.15, -0.1) is 0 Å². The third-order valence-electron chi connectivity index (χ3n) is 6.04.